The van der Waals surface area contributed by atoms with Gasteiger partial charge in [0, 0.05) is 38.3 Å². The van der Waals surface area contributed by atoms with Gasteiger partial charge in [0.1, 0.15) is 0 Å². The summed E-state index contributed by atoms with van der Waals surface area (Å²) in [5, 5.41) is 18.7. The van der Waals surface area contributed by atoms with E-state index in [9.17, 15) is 14.4 Å². The van der Waals surface area contributed by atoms with E-state index < -0.39 is 11.9 Å². The van der Waals surface area contributed by atoms with E-state index in [1.165, 1.54) is 0 Å². The summed E-state index contributed by atoms with van der Waals surface area (Å²) in [6, 6.07) is -0.309. The van der Waals surface area contributed by atoms with Gasteiger partial charge in [-0.05, 0) is 0 Å². The van der Waals surface area contributed by atoms with Gasteiger partial charge in [-0.1, -0.05) is 0 Å². The van der Waals surface area contributed by atoms with Crippen molar-refractivity contribution >= 4 is 18.0 Å². The molecular weight excluding hydrogens is 230 g/mol. The first-order chi connectivity index (χ1) is 7.93. The molecule has 0 unspecified atom stereocenters. The molecule has 0 saturated carbocycles. The number of nitrogens with zero attached hydrogens (tertiary/aromatic N) is 1. The maximum absolute atomic E-state index is 10.5. The Morgan fingerprint density at radius 2 is 1.47 bits per heavy atom. The second-order valence-corrected chi connectivity index (χ2v) is 3.09. The fourth-order valence-electron chi connectivity index (χ4n) is 1.03. The Hall–Kier alpha value is -2.09. The van der Waals surface area contributed by atoms with E-state index in [1.54, 1.807) is 4.90 Å². The number of aliphatic carboxylic acids is 2. The van der Waals surface area contributed by atoms with Crippen molar-refractivity contribution in [2.24, 2.45) is 5.73 Å². The van der Waals surface area contributed by atoms with Gasteiger partial charge >= 0.3 is 18.0 Å². The lowest BCUT2D eigenvalue weighted by Gasteiger charge is -2.25. The number of nitrogens with one attached hydrogen (secondary N) is 1. The van der Waals surface area contributed by atoms with Gasteiger partial charge in [-0.25, -0.2) is 14.4 Å². The first kappa shape index (κ1) is 14.9. The maximum atomic E-state index is 10.5. The predicted octanol–water partition coefficient (Wildman–Crippen LogP) is -1.32. The topological polar surface area (TPSA) is 133 Å². The second-order valence-electron chi connectivity index (χ2n) is 3.09. The van der Waals surface area contributed by atoms with E-state index >= 15 is 0 Å². The van der Waals surface area contributed by atoms with Crippen molar-refractivity contribution in [3.05, 3.63) is 12.2 Å². The molecule has 2 amide bonds. The zero-order valence-corrected chi connectivity index (χ0v) is 9.13. The van der Waals surface area contributed by atoms with E-state index in [2.05, 4.69) is 5.32 Å². The zero-order valence-electron chi connectivity index (χ0n) is 9.13. The molecule has 8 nitrogen and oxygen atoms in total. The number of carbonyl (C=O) groups is 3. The van der Waals surface area contributed by atoms with Gasteiger partial charge in [-0.2, -0.15) is 0 Å². The van der Waals surface area contributed by atoms with Crippen LogP contribution in [-0.4, -0.2) is 59.3 Å². The van der Waals surface area contributed by atoms with Crippen molar-refractivity contribution in [3.8, 4) is 0 Å². The summed E-state index contributed by atoms with van der Waals surface area (Å²) >= 11 is 0. The van der Waals surface area contributed by atoms with Crippen molar-refractivity contribution in [1.82, 2.24) is 10.2 Å². The number of rotatable bonds is 2. The van der Waals surface area contributed by atoms with Crippen LogP contribution in [0.3, 0.4) is 0 Å². The summed E-state index contributed by atoms with van der Waals surface area (Å²) in [7, 11) is 0. The third kappa shape index (κ3) is 8.88. The third-order valence-corrected chi connectivity index (χ3v) is 1.80. The number of primary amides is 1. The van der Waals surface area contributed by atoms with E-state index in [-0.39, 0.29) is 6.03 Å². The molecule has 1 rings (SSSR count). The maximum Gasteiger partial charge on any atom is 0.328 e. The quantitative estimate of drug-likeness (QED) is 0.446. The summed E-state index contributed by atoms with van der Waals surface area (Å²) in [5.74, 6) is -2.51. The fraction of sp³-hybridized carbons (Fsp3) is 0.444. The van der Waals surface area contributed by atoms with Crippen LogP contribution in [0, 0.1) is 0 Å². The molecule has 0 atom stereocenters. The molecule has 5 N–H and O–H groups in total. The lowest BCUT2D eigenvalue weighted by molar-refractivity contribution is -0.134. The number of nitrogens with two attached hydrogens (primary N) is 1. The molecule has 0 spiro atoms. The van der Waals surface area contributed by atoms with E-state index in [4.69, 9.17) is 15.9 Å². The Morgan fingerprint density at radius 1 is 1.06 bits per heavy atom. The molecule has 0 aliphatic carbocycles. The molecule has 0 aromatic carbocycles. The van der Waals surface area contributed by atoms with Crippen molar-refractivity contribution in [3.63, 3.8) is 0 Å². The van der Waals surface area contributed by atoms with Gasteiger partial charge < -0.3 is 26.2 Å². The lowest BCUT2D eigenvalue weighted by Crippen LogP contribution is -2.48. The van der Waals surface area contributed by atoms with Gasteiger partial charge in [-0.15, -0.1) is 0 Å². The summed E-state index contributed by atoms with van der Waals surface area (Å²) in [4.78, 5) is 31.2. The highest BCUT2D eigenvalue weighted by Gasteiger charge is 2.11. The molecule has 8 heteroatoms. The normalized spacial score (nSPS) is 14.9. The molecule has 1 fully saturated rings. The van der Waals surface area contributed by atoms with Crippen LogP contribution < -0.4 is 11.1 Å². The Bertz CT molecular complexity index is 294. The first-order valence-corrected chi connectivity index (χ1v) is 4.82. The molecule has 17 heavy (non-hydrogen) atoms. The molecule has 1 heterocycles. The number of urea groups is 1. The Morgan fingerprint density at radius 3 is 1.71 bits per heavy atom. The molecule has 0 aromatic heterocycles. The highest BCUT2D eigenvalue weighted by molar-refractivity contribution is 5.89. The molecule has 0 aromatic rings. The minimum Gasteiger partial charge on any atom is -0.478 e. The smallest absolute Gasteiger partial charge is 0.328 e. The summed E-state index contributed by atoms with van der Waals surface area (Å²) in [6.45, 7) is 3.22. The number of piperazine rings is 1. The molecule has 96 valence electrons. The Labute approximate surface area is 97.7 Å². The lowest BCUT2D eigenvalue weighted by atomic mass is 10.4. The number of carboxylic acid groups (broad SMARTS) is 2. The minimum absolute atomic E-state index is 0.309. The molecule has 0 radical (unpaired) electrons. The summed E-state index contributed by atoms with van der Waals surface area (Å²) in [5.41, 5.74) is 5.03. The molecule has 1 aliphatic rings. The molecule has 1 saturated heterocycles. The van der Waals surface area contributed by atoms with Gasteiger partial charge in [-0.3, -0.25) is 0 Å². The van der Waals surface area contributed by atoms with Crippen LogP contribution in [0.2, 0.25) is 0 Å². The van der Waals surface area contributed by atoms with Crippen molar-refractivity contribution in [2.45, 2.75) is 0 Å². The van der Waals surface area contributed by atoms with Crippen LogP contribution in [0.15, 0.2) is 12.2 Å². The SMILES string of the molecule is NC(=O)N1CCNCC1.O=C(O)C=CC(=O)O. The van der Waals surface area contributed by atoms with Crippen LogP contribution in [0.4, 0.5) is 4.79 Å². The van der Waals surface area contributed by atoms with Crippen LogP contribution in [0.1, 0.15) is 0 Å². The first-order valence-electron chi connectivity index (χ1n) is 4.82. The van der Waals surface area contributed by atoms with Crippen LogP contribution >= 0.6 is 0 Å². The second kappa shape index (κ2) is 8.11. The Balaban J connectivity index is 0.000000304. The van der Waals surface area contributed by atoms with E-state index in [0.717, 1.165) is 26.2 Å². The van der Waals surface area contributed by atoms with Gasteiger partial charge in [0.25, 0.3) is 0 Å². The summed E-state index contributed by atoms with van der Waals surface area (Å²) in [6.07, 6.45) is 1.12. The average molecular weight is 245 g/mol. The van der Waals surface area contributed by atoms with Crippen LogP contribution in [-0.2, 0) is 9.59 Å². The zero-order chi connectivity index (χ0) is 13.3. The minimum atomic E-state index is -1.26. The van der Waals surface area contributed by atoms with Crippen LogP contribution in [0.5, 0.6) is 0 Å². The number of hydrogen-bond acceptors (Lipinski definition) is 4. The van der Waals surface area contributed by atoms with E-state index in [1.807, 2.05) is 0 Å². The molecular formula is C9H15N3O5. The van der Waals surface area contributed by atoms with Crippen LogP contribution in [0.25, 0.3) is 0 Å². The standard InChI is InChI=1S/C5H11N3O.C4H4O4/c6-5(9)8-3-1-7-2-4-8;5-3(6)1-2-4(7)8/h7H,1-4H2,(H2,6,9);1-2H,(H,5,6)(H,7,8). The van der Waals surface area contributed by atoms with E-state index in [0.29, 0.717) is 12.2 Å². The number of carbonyl (C=O) groups excluding carboxylic acids is 1. The van der Waals surface area contributed by atoms with Crippen molar-refractivity contribution in [2.75, 3.05) is 26.2 Å². The predicted molar refractivity (Wildman–Crippen MR) is 58.4 cm³/mol. The fourth-order valence-corrected chi connectivity index (χ4v) is 1.03. The Kier molecular flexibility index (Phi) is 7.11. The van der Waals surface area contributed by atoms with Crippen molar-refractivity contribution < 1.29 is 24.6 Å². The monoisotopic (exact) mass is 245 g/mol. The highest BCUT2D eigenvalue weighted by atomic mass is 16.4. The molecule has 1 aliphatic heterocycles. The highest BCUT2D eigenvalue weighted by Crippen LogP contribution is 1.89. The molecule has 0 bridgehead atoms. The largest absolute Gasteiger partial charge is 0.478 e. The third-order valence-electron chi connectivity index (χ3n) is 1.80. The number of carboxylic acids is 2. The van der Waals surface area contributed by atoms with Gasteiger partial charge in [0.2, 0.25) is 0 Å². The van der Waals surface area contributed by atoms with Gasteiger partial charge in [0.15, 0.2) is 0 Å². The summed E-state index contributed by atoms with van der Waals surface area (Å²) < 4.78 is 0. The van der Waals surface area contributed by atoms with Crippen molar-refractivity contribution in [1.29, 1.82) is 0 Å². The number of amides is 2. The average Bonchev–Trinajstić information content (AvgIpc) is 2.28. The number of hydrogen-bond donors (Lipinski definition) is 4. The van der Waals surface area contributed by atoms with Gasteiger partial charge in [0.05, 0.1) is 0 Å².